The monoisotopic (exact) mass is 219 g/mol. The van der Waals surface area contributed by atoms with Crippen LogP contribution in [0.5, 0.6) is 0 Å². The maximum Gasteiger partial charge on any atom is 0.0990 e. The van der Waals surface area contributed by atoms with Crippen LogP contribution in [0.25, 0.3) is 0 Å². The van der Waals surface area contributed by atoms with Gasteiger partial charge in [0.1, 0.15) is 0 Å². The van der Waals surface area contributed by atoms with Gasteiger partial charge in [-0.25, -0.2) is 0 Å². The number of pyridine rings is 1. The van der Waals surface area contributed by atoms with E-state index in [0.29, 0.717) is 5.92 Å². The Kier molecular flexibility index (Phi) is 3.94. The van der Waals surface area contributed by atoms with Gasteiger partial charge < -0.3 is 5.11 Å². The molecule has 1 aromatic heterocycles. The first kappa shape index (κ1) is 11.6. The summed E-state index contributed by atoms with van der Waals surface area (Å²) in [6.07, 6.45) is 8.88. The third-order valence-corrected chi connectivity index (χ3v) is 3.68. The molecule has 0 bridgehead atoms. The zero-order chi connectivity index (χ0) is 11.4. The van der Waals surface area contributed by atoms with E-state index >= 15 is 0 Å². The molecule has 2 nitrogen and oxygen atoms in total. The Labute approximate surface area is 97.7 Å². The summed E-state index contributed by atoms with van der Waals surface area (Å²) in [5.74, 6) is 0.413. The Morgan fingerprint density at radius 1 is 1.25 bits per heavy atom. The highest BCUT2D eigenvalue weighted by Gasteiger charge is 2.23. The van der Waals surface area contributed by atoms with Gasteiger partial charge in [-0.05, 0) is 37.3 Å². The minimum atomic E-state index is -0.362. The van der Waals surface area contributed by atoms with Crippen molar-refractivity contribution in [1.82, 2.24) is 4.98 Å². The smallest absolute Gasteiger partial charge is 0.0990 e. The Hall–Kier alpha value is -0.890. The van der Waals surface area contributed by atoms with Crippen LogP contribution in [0.1, 0.15) is 55.9 Å². The molecular weight excluding hydrogens is 198 g/mol. The first-order valence-corrected chi connectivity index (χ1v) is 6.38. The summed E-state index contributed by atoms with van der Waals surface area (Å²) in [6, 6.07) is 3.96. The molecule has 0 aromatic carbocycles. The molecule has 16 heavy (non-hydrogen) atoms. The Morgan fingerprint density at radius 2 is 1.94 bits per heavy atom. The number of rotatable bonds is 2. The number of aryl methyl sites for hydroxylation is 1. The van der Waals surface area contributed by atoms with Crippen molar-refractivity contribution in [1.29, 1.82) is 0 Å². The van der Waals surface area contributed by atoms with Gasteiger partial charge in [-0.2, -0.15) is 0 Å². The molecule has 1 aromatic rings. The van der Waals surface area contributed by atoms with E-state index in [1.54, 1.807) is 6.20 Å². The summed E-state index contributed by atoms with van der Waals surface area (Å²) in [7, 11) is 0. The molecule has 2 heteroatoms. The van der Waals surface area contributed by atoms with Crippen molar-refractivity contribution in [2.24, 2.45) is 5.92 Å². The van der Waals surface area contributed by atoms with Gasteiger partial charge in [0.15, 0.2) is 0 Å². The van der Waals surface area contributed by atoms with Gasteiger partial charge in [0.05, 0.1) is 11.8 Å². The standard InChI is InChI=1S/C14H21NO/c1-11-7-6-10-15-13(11)14(16)12-8-4-2-3-5-9-12/h6-7,10,12,14,16H,2-5,8-9H2,1H3. The summed E-state index contributed by atoms with van der Waals surface area (Å²) < 4.78 is 0. The van der Waals surface area contributed by atoms with E-state index in [9.17, 15) is 5.11 Å². The van der Waals surface area contributed by atoms with Crippen LogP contribution in [-0.2, 0) is 0 Å². The molecule has 0 radical (unpaired) electrons. The molecule has 0 spiro atoms. The van der Waals surface area contributed by atoms with E-state index in [2.05, 4.69) is 4.98 Å². The third kappa shape index (κ3) is 2.62. The molecule has 1 saturated carbocycles. The fourth-order valence-corrected chi connectivity index (χ4v) is 2.66. The molecule has 0 aliphatic heterocycles. The minimum Gasteiger partial charge on any atom is -0.387 e. The Balaban J connectivity index is 2.11. The van der Waals surface area contributed by atoms with Crippen molar-refractivity contribution in [2.45, 2.75) is 51.6 Å². The minimum absolute atomic E-state index is 0.362. The van der Waals surface area contributed by atoms with Gasteiger partial charge in [0.25, 0.3) is 0 Å². The molecule has 0 saturated heterocycles. The highest BCUT2D eigenvalue weighted by molar-refractivity contribution is 5.20. The van der Waals surface area contributed by atoms with Gasteiger partial charge >= 0.3 is 0 Å². The normalized spacial score (nSPS) is 20.4. The van der Waals surface area contributed by atoms with E-state index < -0.39 is 0 Å². The number of nitrogens with zero attached hydrogens (tertiary/aromatic N) is 1. The second-order valence-electron chi connectivity index (χ2n) is 4.90. The van der Waals surface area contributed by atoms with Crippen LogP contribution in [0.4, 0.5) is 0 Å². The first-order valence-electron chi connectivity index (χ1n) is 6.38. The molecule has 0 amide bonds. The molecule has 1 aliphatic carbocycles. The average molecular weight is 219 g/mol. The fraction of sp³-hybridized carbons (Fsp3) is 0.643. The van der Waals surface area contributed by atoms with Crippen LogP contribution in [0.3, 0.4) is 0 Å². The zero-order valence-corrected chi connectivity index (χ0v) is 10.0. The Morgan fingerprint density at radius 3 is 2.56 bits per heavy atom. The van der Waals surface area contributed by atoms with Crippen molar-refractivity contribution in [3.63, 3.8) is 0 Å². The quantitative estimate of drug-likeness (QED) is 0.773. The lowest BCUT2D eigenvalue weighted by molar-refractivity contribution is 0.0942. The predicted molar refractivity (Wildman–Crippen MR) is 65.1 cm³/mol. The van der Waals surface area contributed by atoms with Crippen molar-refractivity contribution < 1.29 is 5.11 Å². The summed E-state index contributed by atoms with van der Waals surface area (Å²) in [6.45, 7) is 2.03. The molecule has 1 fully saturated rings. The molecule has 1 unspecified atom stereocenters. The van der Waals surface area contributed by atoms with Crippen LogP contribution in [0.2, 0.25) is 0 Å². The lowest BCUT2D eigenvalue weighted by atomic mass is 9.90. The van der Waals surface area contributed by atoms with E-state index in [1.165, 1.54) is 25.7 Å². The largest absolute Gasteiger partial charge is 0.387 e. The van der Waals surface area contributed by atoms with Gasteiger partial charge in [-0.3, -0.25) is 4.98 Å². The van der Waals surface area contributed by atoms with Gasteiger partial charge in [-0.15, -0.1) is 0 Å². The van der Waals surface area contributed by atoms with Gasteiger partial charge in [0.2, 0.25) is 0 Å². The summed E-state index contributed by atoms with van der Waals surface area (Å²) in [4.78, 5) is 4.33. The second-order valence-corrected chi connectivity index (χ2v) is 4.90. The van der Waals surface area contributed by atoms with Crippen LogP contribution >= 0.6 is 0 Å². The maximum atomic E-state index is 10.4. The fourth-order valence-electron chi connectivity index (χ4n) is 2.66. The summed E-state index contributed by atoms with van der Waals surface area (Å²) in [5.41, 5.74) is 1.99. The van der Waals surface area contributed by atoms with E-state index in [4.69, 9.17) is 0 Å². The van der Waals surface area contributed by atoms with Crippen LogP contribution in [-0.4, -0.2) is 10.1 Å². The van der Waals surface area contributed by atoms with Crippen molar-refractivity contribution in [2.75, 3.05) is 0 Å². The molecule has 1 heterocycles. The molecule has 1 N–H and O–H groups in total. The van der Waals surface area contributed by atoms with Crippen LogP contribution in [0, 0.1) is 12.8 Å². The van der Waals surface area contributed by atoms with Crippen LogP contribution in [0.15, 0.2) is 18.3 Å². The average Bonchev–Trinajstić information content (AvgIpc) is 2.57. The van der Waals surface area contributed by atoms with Crippen molar-refractivity contribution in [3.8, 4) is 0 Å². The highest BCUT2D eigenvalue weighted by Crippen LogP contribution is 2.33. The molecule has 88 valence electrons. The molecule has 1 atom stereocenters. The number of hydrogen-bond donors (Lipinski definition) is 1. The number of aliphatic hydroxyl groups is 1. The van der Waals surface area contributed by atoms with Gasteiger partial charge in [0, 0.05) is 6.20 Å². The molecule has 1 aliphatic rings. The topological polar surface area (TPSA) is 33.1 Å². The van der Waals surface area contributed by atoms with E-state index in [0.717, 1.165) is 24.1 Å². The summed E-state index contributed by atoms with van der Waals surface area (Å²) >= 11 is 0. The van der Waals surface area contributed by atoms with Crippen LogP contribution < -0.4 is 0 Å². The number of aliphatic hydroxyl groups excluding tert-OH is 1. The Bertz CT molecular complexity index is 329. The molecule has 2 rings (SSSR count). The second kappa shape index (κ2) is 5.44. The SMILES string of the molecule is Cc1cccnc1C(O)C1CCCCCC1. The lowest BCUT2D eigenvalue weighted by Gasteiger charge is -2.21. The first-order chi connectivity index (χ1) is 7.79. The van der Waals surface area contributed by atoms with E-state index in [1.807, 2.05) is 19.1 Å². The summed E-state index contributed by atoms with van der Waals surface area (Å²) in [5, 5.41) is 10.4. The number of hydrogen-bond acceptors (Lipinski definition) is 2. The van der Waals surface area contributed by atoms with Gasteiger partial charge in [-0.1, -0.05) is 31.7 Å². The third-order valence-electron chi connectivity index (χ3n) is 3.68. The zero-order valence-electron chi connectivity index (χ0n) is 10.0. The van der Waals surface area contributed by atoms with Crippen molar-refractivity contribution in [3.05, 3.63) is 29.6 Å². The number of aromatic nitrogens is 1. The predicted octanol–water partition coefficient (Wildman–Crippen LogP) is 3.39. The highest BCUT2D eigenvalue weighted by atomic mass is 16.3. The van der Waals surface area contributed by atoms with E-state index in [-0.39, 0.29) is 6.10 Å². The maximum absolute atomic E-state index is 10.4. The lowest BCUT2D eigenvalue weighted by Crippen LogP contribution is -2.14. The van der Waals surface area contributed by atoms with Crippen molar-refractivity contribution >= 4 is 0 Å². The molecular formula is C14H21NO.